The SMILES string of the molecule is CCC(CCO)CNC(=O)c1cccnc1C. The molecule has 0 saturated carbocycles. The number of nitrogens with one attached hydrogen (secondary N) is 1. The number of aliphatic hydroxyl groups excluding tert-OH is 1. The first-order valence-electron chi connectivity index (χ1n) is 5.99. The first-order valence-corrected chi connectivity index (χ1v) is 5.99. The van der Waals surface area contributed by atoms with Gasteiger partial charge in [0.25, 0.3) is 5.91 Å². The Kier molecular flexibility index (Phi) is 5.63. The Bertz CT molecular complexity index is 366. The van der Waals surface area contributed by atoms with E-state index in [1.54, 1.807) is 18.3 Å². The molecule has 0 radical (unpaired) electrons. The van der Waals surface area contributed by atoms with Gasteiger partial charge in [0, 0.05) is 25.0 Å². The molecule has 1 aromatic rings. The monoisotopic (exact) mass is 236 g/mol. The average Bonchev–Trinajstić information content (AvgIpc) is 2.34. The van der Waals surface area contributed by atoms with Gasteiger partial charge in [0.2, 0.25) is 0 Å². The van der Waals surface area contributed by atoms with Gasteiger partial charge in [-0.3, -0.25) is 9.78 Å². The van der Waals surface area contributed by atoms with Crippen LogP contribution in [-0.2, 0) is 0 Å². The maximum atomic E-state index is 11.9. The lowest BCUT2D eigenvalue weighted by Gasteiger charge is -2.14. The molecule has 0 bridgehead atoms. The second-order valence-corrected chi connectivity index (χ2v) is 4.13. The number of nitrogens with zero attached hydrogens (tertiary/aromatic N) is 1. The summed E-state index contributed by atoms with van der Waals surface area (Å²) in [6, 6.07) is 3.53. The molecule has 0 aliphatic rings. The minimum atomic E-state index is -0.0908. The average molecular weight is 236 g/mol. The highest BCUT2D eigenvalue weighted by Gasteiger charge is 2.11. The number of aliphatic hydroxyl groups is 1. The first kappa shape index (κ1) is 13.6. The molecule has 17 heavy (non-hydrogen) atoms. The van der Waals surface area contributed by atoms with Crippen molar-refractivity contribution in [3.05, 3.63) is 29.6 Å². The van der Waals surface area contributed by atoms with Gasteiger partial charge in [0.05, 0.1) is 5.56 Å². The van der Waals surface area contributed by atoms with Crippen molar-refractivity contribution >= 4 is 5.91 Å². The normalized spacial score (nSPS) is 12.2. The van der Waals surface area contributed by atoms with E-state index < -0.39 is 0 Å². The molecule has 2 N–H and O–H groups in total. The molecule has 94 valence electrons. The Morgan fingerprint density at radius 1 is 1.59 bits per heavy atom. The van der Waals surface area contributed by atoms with E-state index in [0.717, 1.165) is 18.5 Å². The van der Waals surface area contributed by atoms with Gasteiger partial charge in [0.15, 0.2) is 0 Å². The van der Waals surface area contributed by atoms with E-state index in [2.05, 4.69) is 17.2 Å². The Morgan fingerprint density at radius 3 is 2.94 bits per heavy atom. The largest absolute Gasteiger partial charge is 0.396 e. The summed E-state index contributed by atoms with van der Waals surface area (Å²) in [6.45, 7) is 4.65. The lowest BCUT2D eigenvalue weighted by Crippen LogP contribution is -2.30. The van der Waals surface area contributed by atoms with Gasteiger partial charge in [-0.05, 0) is 31.4 Å². The van der Waals surface area contributed by atoms with E-state index in [4.69, 9.17) is 5.11 Å². The Labute approximate surface area is 102 Å². The molecule has 0 fully saturated rings. The topological polar surface area (TPSA) is 62.2 Å². The van der Waals surface area contributed by atoms with E-state index in [1.807, 2.05) is 6.92 Å². The Balaban J connectivity index is 2.52. The number of carbonyl (C=O) groups is 1. The molecule has 0 saturated heterocycles. The molecule has 0 aromatic carbocycles. The molecule has 1 unspecified atom stereocenters. The fourth-order valence-electron chi connectivity index (χ4n) is 1.69. The molecule has 0 aliphatic carbocycles. The van der Waals surface area contributed by atoms with Crippen LogP contribution in [0.5, 0.6) is 0 Å². The molecular formula is C13H20N2O2. The molecule has 1 rings (SSSR count). The van der Waals surface area contributed by atoms with Crippen LogP contribution in [0.2, 0.25) is 0 Å². The summed E-state index contributed by atoms with van der Waals surface area (Å²) in [4.78, 5) is 16.0. The number of rotatable bonds is 6. The van der Waals surface area contributed by atoms with Crippen LogP contribution in [-0.4, -0.2) is 29.1 Å². The number of aryl methyl sites for hydroxylation is 1. The predicted octanol–water partition coefficient (Wildman–Crippen LogP) is 1.53. The molecule has 4 heteroatoms. The van der Waals surface area contributed by atoms with Crippen molar-refractivity contribution in [3.63, 3.8) is 0 Å². The van der Waals surface area contributed by atoms with Crippen LogP contribution in [0.25, 0.3) is 0 Å². The quantitative estimate of drug-likeness (QED) is 0.787. The number of amides is 1. The molecular weight excluding hydrogens is 216 g/mol. The number of pyridine rings is 1. The smallest absolute Gasteiger partial charge is 0.253 e. The number of carbonyl (C=O) groups excluding carboxylic acids is 1. The van der Waals surface area contributed by atoms with Crippen molar-refractivity contribution in [3.8, 4) is 0 Å². The highest BCUT2D eigenvalue weighted by Crippen LogP contribution is 2.07. The molecule has 1 aromatic heterocycles. The number of hydrogen-bond acceptors (Lipinski definition) is 3. The zero-order valence-corrected chi connectivity index (χ0v) is 10.4. The zero-order valence-electron chi connectivity index (χ0n) is 10.4. The van der Waals surface area contributed by atoms with Crippen LogP contribution in [0.4, 0.5) is 0 Å². The van der Waals surface area contributed by atoms with Crippen LogP contribution >= 0.6 is 0 Å². The summed E-state index contributed by atoms with van der Waals surface area (Å²) in [5, 5.41) is 11.8. The number of hydrogen-bond donors (Lipinski definition) is 2. The fourth-order valence-corrected chi connectivity index (χ4v) is 1.69. The second-order valence-electron chi connectivity index (χ2n) is 4.13. The summed E-state index contributed by atoms with van der Waals surface area (Å²) >= 11 is 0. The van der Waals surface area contributed by atoms with Crippen LogP contribution < -0.4 is 5.32 Å². The van der Waals surface area contributed by atoms with Gasteiger partial charge < -0.3 is 10.4 Å². The number of aromatic nitrogens is 1. The lowest BCUT2D eigenvalue weighted by molar-refractivity contribution is 0.0942. The molecule has 1 heterocycles. The van der Waals surface area contributed by atoms with Crippen molar-refractivity contribution in [2.45, 2.75) is 26.7 Å². The summed E-state index contributed by atoms with van der Waals surface area (Å²) < 4.78 is 0. The maximum Gasteiger partial charge on any atom is 0.253 e. The van der Waals surface area contributed by atoms with Crippen LogP contribution in [0.1, 0.15) is 35.8 Å². The van der Waals surface area contributed by atoms with Gasteiger partial charge in [-0.2, -0.15) is 0 Å². The van der Waals surface area contributed by atoms with Crippen molar-refractivity contribution in [1.29, 1.82) is 0 Å². The van der Waals surface area contributed by atoms with Crippen LogP contribution in [0.15, 0.2) is 18.3 Å². The van der Waals surface area contributed by atoms with Gasteiger partial charge >= 0.3 is 0 Å². The summed E-state index contributed by atoms with van der Waals surface area (Å²) in [5.41, 5.74) is 1.35. The van der Waals surface area contributed by atoms with Crippen molar-refractivity contribution in [2.24, 2.45) is 5.92 Å². The van der Waals surface area contributed by atoms with E-state index >= 15 is 0 Å². The summed E-state index contributed by atoms with van der Waals surface area (Å²) in [5.74, 6) is 0.243. The molecule has 4 nitrogen and oxygen atoms in total. The van der Waals surface area contributed by atoms with Crippen LogP contribution in [0.3, 0.4) is 0 Å². The van der Waals surface area contributed by atoms with Gasteiger partial charge in [-0.25, -0.2) is 0 Å². The molecule has 0 spiro atoms. The first-order chi connectivity index (χ1) is 8.19. The van der Waals surface area contributed by atoms with Crippen molar-refractivity contribution in [2.75, 3.05) is 13.2 Å². The van der Waals surface area contributed by atoms with Gasteiger partial charge in [-0.1, -0.05) is 13.3 Å². The zero-order chi connectivity index (χ0) is 12.7. The van der Waals surface area contributed by atoms with E-state index in [9.17, 15) is 4.79 Å². The lowest BCUT2D eigenvalue weighted by atomic mass is 10.0. The second kappa shape index (κ2) is 7.01. The van der Waals surface area contributed by atoms with Gasteiger partial charge in [0.1, 0.15) is 0 Å². The Hall–Kier alpha value is -1.42. The summed E-state index contributed by atoms with van der Waals surface area (Å²) in [6.07, 6.45) is 3.35. The minimum absolute atomic E-state index is 0.0908. The molecule has 0 aliphatic heterocycles. The highest BCUT2D eigenvalue weighted by molar-refractivity contribution is 5.95. The van der Waals surface area contributed by atoms with E-state index in [-0.39, 0.29) is 12.5 Å². The molecule has 1 amide bonds. The highest BCUT2D eigenvalue weighted by atomic mass is 16.3. The maximum absolute atomic E-state index is 11.9. The fraction of sp³-hybridized carbons (Fsp3) is 0.538. The third kappa shape index (κ3) is 4.15. The Morgan fingerprint density at radius 2 is 2.35 bits per heavy atom. The summed E-state index contributed by atoms with van der Waals surface area (Å²) in [7, 11) is 0. The predicted molar refractivity (Wildman–Crippen MR) is 66.8 cm³/mol. The molecule has 1 atom stereocenters. The van der Waals surface area contributed by atoms with E-state index in [0.29, 0.717) is 18.0 Å². The van der Waals surface area contributed by atoms with Crippen molar-refractivity contribution in [1.82, 2.24) is 10.3 Å². The minimum Gasteiger partial charge on any atom is -0.396 e. The van der Waals surface area contributed by atoms with Gasteiger partial charge in [-0.15, -0.1) is 0 Å². The van der Waals surface area contributed by atoms with E-state index in [1.165, 1.54) is 0 Å². The standard InChI is InChI=1S/C13H20N2O2/c1-3-11(6-8-16)9-15-13(17)12-5-4-7-14-10(12)2/h4-5,7,11,16H,3,6,8-9H2,1-2H3,(H,15,17). The third-order valence-electron chi connectivity index (χ3n) is 2.92. The van der Waals surface area contributed by atoms with Crippen molar-refractivity contribution < 1.29 is 9.90 Å². The third-order valence-corrected chi connectivity index (χ3v) is 2.92. The van der Waals surface area contributed by atoms with Crippen LogP contribution in [0, 0.1) is 12.8 Å².